The molecule has 1 aliphatic rings. The summed E-state index contributed by atoms with van der Waals surface area (Å²) >= 11 is 0. The first kappa shape index (κ1) is 17.5. The Morgan fingerprint density at radius 3 is 2.68 bits per heavy atom. The lowest BCUT2D eigenvalue weighted by Gasteiger charge is -2.22. The topological polar surface area (TPSA) is 72.6 Å². The van der Waals surface area contributed by atoms with Crippen LogP contribution in [0.15, 0.2) is 48.5 Å². The molecule has 0 aliphatic carbocycles. The van der Waals surface area contributed by atoms with Gasteiger partial charge in [-0.25, -0.2) is 0 Å². The smallest absolute Gasteiger partial charge is 0.231 e. The lowest BCUT2D eigenvalue weighted by Crippen LogP contribution is -3.12. The van der Waals surface area contributed by atoms with Gasteiger partial charge >= 0.3 is 0 Å². The molecule has 0 radical (unpaired) electrons. The zero-order chi connectivity index (χ0) is 17.5. The third-order valence-corrected chi connectivity index (χ3v) is 4.07. The lowest BCUT2D eigenvalue weighted by molar-refractivity contribution is -0.917. The Morgan fingerprint density at radius 1 is 1.08 bits per heavy atom. The van der Waals surface area contributed by atoms with Crippen molar-refractivity contribution in [2.75, 3.05) is 33.1 Å². The van der Waals surface area contributed by atoms with Gasteiger partial charge in [0.1, 0.15) is 38.1 Å². The van der Waals surface area contributed by atoms with Crippen molar-refractivity contribution in [3.05, 3.63) is 54.1 Å². The van der Waals surface area contributed by atoms with E-state index in [1.807, 2.05) is 30.3 Å². The maximum absolute atomic E-state index is 10.3. The van der Waals surface area contributed by atoms with Crippen molar-refractivity contribution in [2.24, 2.45) is 0 Å². The van der Waals surface area contributed by atoms with Gasteiger partial charge in [-0.3, -0.25) is 0 Å². The minimum absolute atomic E-state index is 0.0813. The van der Waals surface area contributed by atoms with Crippen LogP contribution in [0.3, 0.4) is 0 Å². The summed E-state index contributed by atoms with van der Waals surface area (Å²) in [6.45, 7) is 2.32. The average molecular weight is 346 g/mol. The predicted molar refractivity (Wildman–Crippen MR) is 92.0 cm³/mol. The zero-order valence-electron chi connectivity index (χ0n) is 14.1. The number of aliphatic hydroxyl groups is 2. The molecule has 2 aromatic rings. The van der Waals surface area contributed by atoms with Crippen LogP contribution in [0.4, 0.5) is 0 Å². The third-order valence-electron chi connectivity index (χ3n) is 4.07. The minimum atomic E-state index is -0.629. The Balaban J connectivity index is 1.50. The minimum Gasteiger partial charge on any atom is -0.491 e. The summed E-state index contributed by atoms with van der Waals surface area (Å²) in [5.74, 6) is 1.99. The molecule has 0 spiro atoms. The molecule has 0 fully saturated rings. The summed E-state index contributed by atoms with van der Waals surface area (Å²) in [5, 5.41) is 19.6. The van der Waals surface area contributed by atoms with E-state index in [2.05, 4.69) is 0 Å². The standard InChI is InChI=1S/C19H23NO5/c21-9-8-20(11-15-4-2-1-3-5-15)12-16(22)13-23-17-6-7-18-19(10-17)25-14-24-18/h1-7,10,16,21-22H,8-9,11-14H2/p+1/t16-/m1/s1. The molecular weight excluding hydrogens is 322 g/mol. The van der Waals surface area contributed by atoms with E-state index in [9.17, 15) is 10.2 Å². The van der Waals surface area contributed by atoms with E-state index in [0.29, 0.717) is 30.3 Å². The van der Waals surface area contributed by atoms with E-state index in [1.54, 1.807) is 18.2 Å². The fourth-order valence-electron chi connectivity index (χ4n) is 2.86. The maximum atomic E-state index is 10.3. The molecule has 0 bridgehead atoms. The molecule has 0 saturated heterocycles. The molecule has 0 saturated carbocycles. The molecule has 1 heterocycles. The van der Waals surface area contributed by atoms with Crippen LogP contribution in [-0.2, 0) is 6.54 Å². The predicted octanol–water partition coefficient (Wildman–Crippen LogP) is 0.232. The quantitative estimate of drug-likeness (QED) is 0.606. The number of rotatable bonds is 9. The number of hydrogen-bond donors (Lipinski definition) is 3. The van der Waals surface area contributed by atoms with Crippen LogP contribution in [0, 0.1) is 0 Å². The highest BCUT2D eigenvalue weighted by Crippen LogP contribution is 2.35. The average Bonchev–Trinajstić information content (AvgIpc) is 3.09. The second-order valence-electron chi connectivity index (χ2n) is 6.07. The number of quaternary nitrogens is 1. The molecule has 3 rings (SSSR count). The van der Waals surface area contributed by atoms with E-state index < -0.39 is 6.10 Å². The number of nitrogens with one attached hydrogen (secondary N) is 1. The van der Waals surface area contributed by atoms with E-state index in [0.717, 1.165) is 11.4 Å². The highest BCUT2D eigenvalue weighted by molar-refractivity contribution is 5.46. The van der Waals surface area contributed by atoms with Gasteiger partial charge < -0.3 is 29.3 Å². The van der Waals surface area contributed by atoms with Gasteiger partial charge in [0.05, 0.1) is 6.61 Å². The first-order valence-electron chi connectivity index (χ1n) is 8.43. The van der Waals surface area contributed by atoms with E-state index in [-0.39, 0.29) is 20.0 Å². The summed E-state index contributed by atoms with van der Waals surface area (Å²) in [7, 11) is 0. The summed E-state index contributed by atoms with van der Waals surface area (Å²) < 4.78 is 16.2. The first-order chi connectivity index (χ1) is 12.2. The molecular formula is C19H24NO5+. The van der Waals surface area contributed by atoms with Gasteiger partial charge in [-0.15, -0.1) is 0 Å². The normalized spacial score (nSPS) is 15.0. The van der Waals surface area contributed by atoms with Crippen molar-refractivity contribution in [3.63, 3.8) is 0 Å². The molecule has 25 heavy (non-hydrogen) atoms. The van der Waals surface area contributed by atoms with Crippen LogP contribution in [-0.4, -0.2) is 49.4 Å². The molecule has 0 amide bonds. The van der Waals surface area contributed by atoms with Crippen molar-refractivity contribution >= 4 is 0 Å². The fraction of sp³-hybridized carbons (Fsp3) is 0.368. The maximum Gasteiger partial charge on any atom is 0.231 e. The number of ether oxygens (including phenoxy) is 3. The Morgan fingerprint density at radius 2 is 1.88 bits per heavy atom. The van der Waals surface area contributed by atoms with Gasteiger partial charge in [0.15, 0.2) is 11.5 Å². The van der Waals surface area contributed by atoms with Gasteiger partial charge in [-0.1, -0.05) is 30.3 Å². The Hall–Kier alpha value is -2.28. The van der Waals surface area contributed by atoms with Crippen molar-refractivity contribution in [3.8, 4) is 17.2 Å². The van der Waals surface area contributed by atoms with Gasteiger partial charge in [-0.05, 0) is 12.1 Å². The Labute approximate surface area is 147 Å². The second kappa shape index (κ2) is 8.71. The van der Waals surface area contributed by atoms with E-state index in [4.69, 9.17) is 14.2 Å². The Kier molecular flexibility index (Phi) is 6.11. The van der Waals surface area contributed by atoms with Crippen LogP contribution < -0.4 is 19.1 Å². The summed E-state index contributed by atoms with van der Waals surface area (Å²) in [4.78, 5) is 1.11. The van der Waals surface area contributed by atoms with Crippen molar-refractivity contribution in [2.45, 2.75) is 12.6 Å². The zero-order valence-corrected chi connectivity index (χ0v) is 14.1. The van der Waals surface area contributed by atoms with E-state index >= 15 is 0 Å². The molecule has 6 heteroatoms. The Bertz CT molecular complexity index is 664. The summed E-state index contributed by atoms with van der Waals surface area (Å²) in [6.07, 6.45) is -0.629. The molecule has 134 valence electrons. The number of benzene rings is 2. The number of fused-ring (bicyclic) bond motifs is 1. The molecule has 2 aromatic carbocycles. The van der Waals surface area contributed by atoms with Gasteiger partial charge in [0.25, 0.3) is 0 Å². The van der Waals surface area contributed by atoms with Crippen LogP contribution in [0.25, 0.3) is 0 Å². The fourth-order valence-corrected chi connectivity index (χ4v) is 2.86. The summed E-state index contributed by atoms with van der Waals surface area (Å²) in [5.41, 5.74) is 1.18. The molecule has 1 aliphatic heterocycles. The highest BCUT2D eigenvalue weighted by Gasteiger charge is 2.18. The van der Waals surface area contributed by atoms with E-state index in [1.165, 1.54) is 5.56 Å². The lowest BCUT2D eigenvalue weighted by atomic mass is 10.2. The van der Waals surface area contributed by atoms with Crippen molar-refractivity contribution < 1.29 is 29.3 Å². The number of aliphatic hydroxyl groups excluding tert-OH is 2. The third kappa shape index (κ3) is 5.09. The van der Waals surface area contributed by atoms with Crippen LogP contribution in [0.5, 0.6) is 17.2 Å². The monoisotopic (exact) mass is 346 g/mol. The first-order valence-corrected chi connectivity index (χ1v) is 8.43. The molecule has 2 atom stereocenters. The summed E-state index contributed by atoms with van der Waals surface area (Å²) in [6, 6.07) is 15.4. The largest absolute Gasteiger partial charge is 0.491 e. The van der Waals surface area contributed by atoms with Gasteiger partial charge in [-0.2, -0.15) is 0 Å². The van der Waals surface area contributed by atoms with Crippen molar-refractivity contribution in [1.29, 1.82) is 0 Å². The van der Waals surface area contributed by atoms with Gasteiger partial charge in [0, 0.05) is 11.6 Å². The highest BCUT2D eigenvalue weighted by atomic mass is 16.7. The molecule has 3 N–H and O–H groups in total. The van der Waals surface area contributed by atoms with Gasteiger partial charge in [0.2, 0.25) is 6.79 Å². The molecule has 6 nitrogen and oxygen atoms in total. The molecule has 1 unspecified atom stereocenters. The molecule has 0 aromatic heterocycles. The van der Waals surface area contributed by atoms with Crippen LogP contribution >= 0.6 is 0 Å². The van der Waals surface area contributed by atoms with Crippen molar-refractivity contribution in [1.82, 2.24) is 0 Å². The second-order valence-corrected chi connectivity index (χ2v) is 6.07. The van der Waals surface area contributed by atoms with Crippen LogP contribution in [0.1, 0.15) is 5.56 Å². The van der Waals surface area contributed by atoms with Crippen LogP contribution in [0.2, 0.25) is 0 Å². The number of hydrogen-bond acceptors (Lipinski definition) is 5. The SMILES string of the molecule is OCC[NH+](Cc1ccccc1)C[C@@H](O)COc1ccc2c(c1)OCO2.